The van der Waals surface area contributed by atoms with Crippen LogP contribution in [0.25, 0.3) is 11.2 Å². The van der Waals surface area contributed by atoms with Crippen molar-refractivity contribution in [2.24, 2.45) is 11.7 Å². The molecule has 2 fully saturated rings. The van der Waals surface area contributed by atoms with Crippen LogP contribution in [0.1, 0.15) is 44.6 Å². The molecule has 0 atom stereocenters. The van der Waals surface area contributed by atoms with Crippen molar-refractivity contribution in [3.05, 3.63) is 35.0 Å². The van der Waals surface area contributed by atoms with Crippen LogP contribution in [0.3, 0.4) is 0 Å². The molecule has 11 nitrogen and oxygen atoms in total. The Morgan fingerprint density at radius 2 is 1.72 bits per heavy atom. The summed E-state index contributed by atoms with van der Waals surface area (Å²) in [6, 6.07) is 1.83. The lowest BCUT2D eigenvalue weighted by Gasteiger charge is -2.30. The number of hydrogen-bond acceptors (Lipinski definition) is 8. The number of nitrogens with one attached hydrogen (secondary N) is 2. The van der Waals surface area contributed by atoms with Crippen LogP contribution >= 0.6 is 11.6 Å². The molecule has 1 saturated carbocycles. The highest BCUT2D eigenvalue weighted by Crippen LogP contribution is 2.38. The standard InChI is InChI=1S/C24H29ClF2N8O3S/c1-39(37,38)34-8-6-15(7-9-34)30-23-29-12-19-22(33-23)35(16-4-2-13(3-5-16)21(28)36)24(31-19)32-20-17(26)10-14(25)11-18(20)27/h10-13,15-16H,2-9H2,1H3,(H2,28,36)(H,31,32)(H,29,30,33)/t13-,16+. The molecule has 2 aromatic heterocycles. The minimum atomic E-state index is -3.24. The molecule has 0 bridgehead atoms. The molecule has 3 heterocycles. The van der Waals surface area contributed by atoms with Gasteiger partial charge < -0.3 is 16.4 Å². The maximum atomic E-state index is 14.6. The fraction of sp³-hybridized carbons (Fsp3) is 0.500. The lowest BCUT2D eigenvalue weighted by atomic mass is 9.85. The van der Waals surface area contributed by atoms with Crippen molar-refractivity contribution in [3.63, 3.8) is 0 Å². The predicted molar refractivity (Wildman–Crippen MR) is 143 cm³/mol. The monoisotopic (exact) mass is 582 g/mol. The zero-order chi connectivity index (χ0) is 27.9. The summed E-state index contributed by atoms with van der Waals surface area (Å²) in [4.78, 5) is 25.3. The maximum Gasteiger partial charge on any atom is 0.224 e. The van der Waals surface area contributed by atoms with Crippen LogP contribution in [-0.2, 0) is 14.8 Å². The van der Waals surface area contributed by atoms with Gasteiger partial charge in [0.1, 0.15) is 11.2 Å². The SMILES string of the molecule is CS(=O)(=O)N1CCC(Nc2ncc3nc(Nc4c(F)cc(Cl)cc4F)n([C@H]4CC[C@@H](C(N)=O)CC4)c3n2)CC1. The topological polar surface area (TPSA) is 148 Å². The second-order valence-corrected chi connectivity index (χ2v) is 12.5. The first-order valence-electron chi connectivity index (χ1n) is 12.7. The number of nitrogens with zero attached hydrogens (tertiary/aromatic N) is 5. The maximum absolute atomic E-state index is 14.6. The van der Waals surface area contributed by atoms with E-state index in [1.54, 1.807) is 4.57 Å². The van der Waals surface area contributed by atoms with Crippen molar-refractivity contribution in [2.45, 2.75) is 50.6 Å². The van der Waals surface area contributed by atoms with Crippen LogP contribution in [0.2, 0.25) is 5.02 Å². The molecule has 0 unspecified atom stereocenters. The van der Waals surface area contributed by atoms with Crippen molar-refractivity contribution in [3.8, 4) is 0 Å². The highest BCUT2D eigenvalue weighted by molar-refractivity contribution is 7.88. The molecule has 2 aliphatic rings. The summed E-state index contributed by atoms with van der Waals surface area (Å²) in [5.41, 5.74) is 5.99. The van der Waals surface area contributed by atoms with Gasteiger partial charge in [-0.15, -0.1) is 0 Å². The number of nitrogens with two attached hydrogens (primary N) is 1. The number of anilines is 3. The van der Waals surface area contributed by atoms with Crippen LogP contribution in [0.15, 0.2) is 18.3 Å². The number of aromatic nitrogens is 4. The summed E-state index contributed by atoms with van der Waals surface area (Å²) < 4.78 is 56.2. The fourth-order valence-corrected chi connectivity index (χ4v) is 6.37. The molecule has 3 aromatic rings. The van der Waals surface area contributed by atoms with Gasteiger partial charge in [-0.2, -0.15) is 4.98 Å². The second-order valence-electron chi connectivity index (χ2n) is 10.1. The molecule has 1 aromatic carbocycles. The average molecular weight is 583 g/mol. The lowest BCUT2D eigenvalue weighted by molar-refractivity contribution is -0.122. The quantitative estimate of drug-likeness (QED) is 0.383. The number of benzene rings is 1. The van der Waals surface area contributed by atoms with Gasteiger partial charge in [0.25, 0.3) is 0 Å². The highest BCUT2D eigenvalue weighted by Gasteiger charge is 2.30. The molecular formula is C24H29ClF2N8O3S. The number of fused-ring (bicyclic) bond motifs is 1. The van der Waals surface area contributed by atoms with E-state index >= 15 is 0 Å². The summed E-state index contributed by atoms with van der Waals surface area (Å²) in [6.45, 7) is 0.790. The number of amides is 1. The van der Waals surface area contributed by atoms with Crippen molar-refractivity contribution in [1.29, 1.82) is 0 Å². The first-order chi connectivity index (χ1) is 18.5. The lowest BCUT2D eigenvalue weighted by Crippen LogP contribution is -2.42. The van der Waals surface area contributed by atoms with Crippen LogP contribution in [-0.4, -0.2) is 63.5 Å². The van der Waals surface area contributed by atoms with Crippen LogP contribution < -0.4 is 16.4 Å². The van der Waals surface area contributed by atoms with Gasteiger partial charge in [-0.25, -0.2) is 31.5 Å². The summed E-state index contributed by atoms with van der Waals surface area (Å²) >= 11 is 5.79. The number of rotatable bonds is 7. The Bertz CT molecular complexity index is 1480. The first kappa shape index (κ1) is 27.5. The Morgan fingerprint density at radius 3 is 2.31 bits per heavy atom. The van der Waals surface area contributed by atoms with E-state index in [1.165, 1.54) is 16.8 Å². The summed E-state index contributed by atoms with van der Waals surface area (Å²) in [5.74, 6) is -1.80. The smallest absolute Gasteiger partial charge is 0.224 e. The third-order valence-electron chi connectivity index (χ3n) is 7.40. The molecule has 0 radical (unpaired) electrons. The van der Waals surface area contributed by atoms with E-state index in [0.717, 1.165) is 12.1 Å². The van der Waals surface area contributed by atoms with Gasteiger partial charge >= 0.3 is 0 Å². The van der Waals surface area contributed by atoms with E-state index in [2.05, 4.69) is 20.6 Å². The van der Waals surface area contributed by atoms with Crippen molar-refractivity contribution in [2.75, 3.05) is 30.0 Å². The number of carbonyl (C=O) groups is 1. The summed E-state index contributed by atoms with van der Waals surface area (Å²) in [5, 5.41) is 5.99. The summed E-state index contributed by atoms with van der Waals surface area (Å²) in [7, 11) is -3.24. The van der Waals surface area contributed by atoms with E-state index in [-0.39, 0.29) is 34.9 Å². The van der Waals surface area contributed by atoms with Gasteiger partial charge in [-0.05, 0) is 50.7 Å². The molecule has 15 heteroatoms. The summed E-state index contributed by atoms with van der Waals surface area (Å²) in [6.07, 6.45) is 6.23. The minimum absolute atomic E-state index is 0.0299. The average Bonchev–Trinajstić information content (AvgIpc) is 3.23. The van der Waals surface area contributed by atoms with Crippen molar-refractivity contribution in [1.82, 2.24) is 23.8 Å². The molecule has 39 heavy (non-hydrogen) atoms. The van der Waals surface area contributed by atoms with Crippen LogP contribution in [0.4, 0.5) is 26.4 Å². The Labute approximate surface area is 229 Å². The number of halogens is 3. The van der Waals surface area contributed by atoms with Crippen molar-refractivity contribution < 1.29 is 22.0 Å². The largest absolute Gasteiger partial charge is 0.369 e. The highest BCUT2D eigenvalue weighted by atomic mass is 35.5. The van der Waals surface area contributed by atoms with Crippen LogP contribution in [0, 0.1) is 17.6 Å². The minimum Gasteiger partial charge on any atom is -0.369 e. The second kappa shape index (κ2) is 10.8. The van der Waals surface area contributed by atoms with Gasteiger partial charge in [0.2, 0.25) is 27.8 Å². The van der Waals surface area contributed by atoms with Gasteiger partial charge in [-0.1, -0.05) is 11.6 Å². The normalized spacial score (nSPS) is 21.2. The van der Waals surface area contributed by atoms with Gasteiger partial charge in [0.15, 0.2) is 17.3 Å². The number of piperidine rings is 1. The molecule has 0 spiro atoms. The fourth-order valence-electron chi connectivity index (χ4n) is 5.30. The number of sulfonamides is 1. The molecular weight excluding hydrogens is 554 g/mol. The Morgan fingerprint density at radius 1 is 1.08 bits per heavy atom. The zero-order valence-electron chi connectivity index (χ0n) is 21.2. The molecule has 210 valence electrons. The Balaban J connectivity index is 1.46. The van der Waals surface area contributed by atoms with Crippen LogP contribution in [0.5, 0.6) is 0 Å². The first-order valence-corrected chi connectivity index (χ1v) is 14.9. The number of imidazole rings is 1. The number of primary amides is 1. The Kier molecular flexibility index (Phi) is 7.62. The molecule has 1 amide bonds. The molecule has 4 N–H and O–H groups in total. The number of carbonyl (C=O) groups excluding carboxylic acids is 1. The van der Waals surface area contributed by atoms with Crippen molar-refractivity contribution >= 4 is 56.3 Å². The molecule has 5 rings (SSSR count). The van der Waals surface area contributed by atoms with E-state index in [0.29, 0.717) is 68.7 Å². The van der Waals surface area contributed by atoms with E-state index < -0.39 is 27.3 Å². The van der Waals surface area contributed by atoms with Gasteiger partial charge in [0.05, 0.1) is 12.5 Å². The third kappa shape index (κ3) is 5.92. The van der Waals surface area contributed by atoms with E-state index in [1.807, 2.05) is 0 Å². The van der Waals surface area contributed by atoms with Gasteiger partial charge in [-0.3, -0.25) is 9.36 Å². The Hall–Kier alpha value is -3.10. The predicted octanol–water partition coefficient (Wildman–Crippen LogP) is 3.55. The molecule has 1 aliphatic heterocycles. The number of hydrogen-bond donors (Lipinski definition) is 3. The zero-order valence-corrected chi connectivity index (χ0v) is 22.8. The van der Waals surface area contributed by atoms with E-state index in [4.69, 9.17) is 22.3 Å². The third-order valence-corrected chi connectivity index (χ3v) is 8.92. The molecule has 1 saturated heterocycles. The molecule has 1 aliphatic carbocycles. The van der Waals surface area contributed by atoms with Gasteiger partial charge in [0, 0.05) is 36.1 Å². The van der Waals surface area contributed by atoms with E-state index in [9.17, 15) is 22.0 Å².